The van der Waals surface area contributed by atoms with Crippen molar-refractivity contribution in [3.63, 3.8) is 0 Å². The van der Waals surface area contributed by atoms with Gasteiger partial charge in [0.2, 0.25) is 0 Å². The Morgan fingerprint density at radius 2 is 0.521 bits per heavy atom. The van der Waals surface area contributed by atoms with Crippen molar-refractivity contribution in [1.82, 2.24) is 0 Å². The fourth-order valence-electron chi connectivity index (χ4n) is 26.7. The molecule has 2 unspecified atom stereocenters. The molecular formula is C65H17ClO5. The molecule has 6 heteroatoms. The Morgan fingerprint density at radius 3 is 0.873 bits per heavy atom. The first kappa shape index (κ1) is 29.0. The molecule has 0 heterocycles. The molecule has 5 nitrogen and oxygen atoms in total. The van der Waals surface area contributed by atoms with Crippen LogP contribution in [0.1, 0.15) is 55.6 Å². The molecule has 71 heavy (non-hydrogen) atoms. The molecular weight excluding hydrogens is 896 g/mol. The zero-order valence-corrected chi connectivity index (χ0v) is 38.3. The predicted octanol–water partition coefficient (Wildman–Crippen LogP) is 14.2. The Balaban J connectivity index is 1.21. The summed E-state index contributed by atoms with van der Waals surface area (Å²) in [5.74, 6) is -0.615. The van der Waals surface area contributed by atoms with Crippen molar-refractivity contribution in [2.45, 2.75) is 32.9 Å². The molecule has 11 aliphatic carbocycles. The minimum Gasteiger partial charge on any atom is -0.368 e. The van der Waals surface area contributed by atoms with E-state index in [1.807, 2.05) is 28.4 Å². The van der Waals surface area contributed by atoms with Crippen LogP contribution in [0.25, 0.3) is 215 Å². The molecule has 0 saturated carbocycles. The van der Waals surface area contributed by atoms with Gasteiger partial charge in [0.15, 0.2) is 0 Å². The molecule has 8 atom stereocenters. The summed E-state index contributed by atoms with van der Waals surface area (Å²) < 4.78 is 39.8. The maximum atomic E-state index is 9.83. The topological polar surface area (TPSA) is 46.2 Å². The van der Waals surface area contributed by atoms with Gasteiger partial charge in [-0.15, -0.1) is 11.6 Å². The number of ether oxygens (including phenoxy) is 5. The summed E-state index contributed by atoms with van der Waals surface area (Å²) >= 11 is 9.83. The Morgan fingerprint density at radius 1 is 0.268 bits per heavy atom. The van der Waals surface area contributed by atoms with Gasteiger partial charge in [-0.25, -0.2) is 0 Å². The highest BCUT2D eigenvalue weighted by molar-refractivity contribution is 6.77. The van der Waals surface area contributed by atoms with Crippen LogP contribution >= 0.6 is 11.6 Å². The fourth-order valence-corrected chi connectivity index (χ4v) is 27.5. The standard InChI is InChI=1S/C65H17ClO5/c1-67-60-46-36-26-16-11-6-7-9-10-8(6)13-19-17(11)27(26)37-39-29(19)31-21(13)23-15(10)25-24-14(9)22-20-12(7)18(16)28-30(20)40-42-32(22)34(24)44-45-35(25)33(23)43-41(31)51-49(39)61(68-2,47(37)46)57-56(60)58-62(69-3,50(40)48(60)38(28)36)52(42)54(44)65(71-5)55(45)53(43)63(51,70-4)59(57)64(58,65)66/h56,58H,1-5H3/t56?,58?,60-,61+,62-,63+,64+,65-/m0/s1. The van der Waals surface area contributed by atoms with Crippen molar-refractivity contribution < 1.29 is 23.7 Å². The number of rotatable bonds is 5. The Labute approximate surface area is 395 Å². The van der Waals surface area contributed by atoms with Gasteiger partial charge in [-0.1, -0.05) is 0 Å². The number of hydrogen-bond donors (Lipinski definition) is 0. The molecule has 0 saturated heterocycles. The van der Waals surface area contributed by atoms with Crippen molar-refractivity contribution in [3.8, 4) is 0 Å². The minimum absolute atomic E-state index is 0.269. The van der Waals surface area contributed by atoms with Crippen LogP contribution < -0.4 is 0 Å². The highest BCUT2D eigenvalue weighted by Gasteiger charge is 2.91. The van der Waals surface area contributed by atoms with Gasteiger partial charge in [-0.2, -0.15) is 0 Å². The summed E-state index contributed by atoms with van der Waals surface area (Å²) in [5.41, 5.74) is 10.9. The third-order valence-electron chi connectivity index (χ3n) is 26.5. The molecule has 0 spiro atoms. The molecule has 314 valence electrons. The normalized spacial score (nSPS) is 34.1. The lowest BCUT2D eigenvalue weighted by Crippen LogP contribution is -2.70. The summed E-state index contributed by atoms with van der Waals surface area (Å²) in [6.07, 6.45) is 0. The average Bonchev–Trinajstić information content (AvgIpc) is 4.36. The van der Waals surface area contributed by atoms with Gasteiger partial charge >= 0.3 is 0 Å². The van der Waals surface area contributed by atoms with Gasteiger partial charge in [0.1, 0.15) is 32.9 Å². The van der Waals surface area contributed by atoms with E-state index in [1.54, 1.807) is 37.7 Å². The van der Waals surface area contributed by atoms with E-state index in [-0.39, 0.29) is 11.8 Å². The summed E-state index contributed by atoms with van der Waals surface area (Å²) in [4.78, 5) is -1.19. The molecule has 32 rings (SSSR count). The van der Waals surface area contributed by atoms with Crippen LogP contribution in [-0.2, 0) is 51.7 Å². The molecule has 0 fully saturated rings. The zero-order valence-electron chi connectivity index (χ0n) is 37.6. The first-order chi connectivity index (χ1) is 35.0. The lowest BCUT2D eigenvalue weighted by Gasteiger charge is -2.65. The van der Waals surface area contributed by atoms with Crippen LogP contribution in [-0.4, -0.2) is 40.4 Å². The second-order valence-electron chi connectivity index (χ2n) is 25.7. The third kappa shape index (κ3) is 1.45. The van der Waals surface area contributed by atoms with Gasteiger partial charge in [-0.3, -0.25) is 0 Å². The monoisotopic (exact) mass is 912 g/mol. The molecule has 0 aromatic heterocycles. The lowest BCUT2D eigenvalue weighted by atomic mass is 9.46. The van der Waals surface area contributed by atoms with Gasteiger partial charge in [0.05, 0.1) is 0 Å². The van der Waals surface area contributed by atoms with Gasteiger partial charge < -0.3 is 23.7 Å². The Bertz CT molecular complexity index is 6750. The Hall–Kier alpha value is -6.67. The van der Waals surface area contributed by atoms with E-state index in [0.717, 1.165) is 0 Å². The largest absolute Gasteiger partial charge is 0.368 e. The maximum absolute atomic E-state index is 9.83. The molecule has 21 aromatic rings. The van der Waals surface area contributed by atoms with E-state index >= 15 is 0 Å². The van der Waals surface area contributed by atoms with E-state index in [1.165, 1.54) is 245 Å². The second kappa shape index (κ2) is 6.38. The van der Waals surface area contributed by atoms with Crippen LogP contribution in [0.5, 0.6) is 0 Å². The van der Waals surface area contributed by atoms with Crippen molar-refractivity contribution in [2.75, 3.05) is 35.5 Å². The van der Waals surface area contributed by atoms with Crippen LogP contribution in [0.3, 0.4) is 0 Å². The van der Waals surface area contributed by atoms with Crippen LogP contribution in [0.4, 0.5) is 0 Å². The first-order valence-electron chi connectivity index (χ1n) is 26.0. The first-order valence-corrected chi connectivity index (χ1v) is 26.4. The maximum Gasteiger partial charge on any atom is 0.143 e. The zero-order chi connectivity index (χ0) is 43.7. The van der Waals surface area contributed by atoms with Crippen LogP contribution in [0.15, 0.2) is 11.1 Å². The van der Waals surface area contributed by atoms with Crippen LogP contribution in [0.2, 0.25) is 0 Å². The van der Waals surface area contributed by atoms with E-state index in [9.17, 15) is 11.6 Å². The number of alkyl halides is 1. The number of methoxy groups -OCH3 is 5. The highest BCUT2D eigenvalue weighted by Crippen LogP contribution is 2.93. The summed E-state index contributed by atoms with van der Waals surface area (Å²) in [6, 6.07) is 0. The van der Waals surface area contributed by atoms with Crippen LogP contribution in [0, 0.1) is 11.8 Å². The summed E-state index contributed by atoms with van der Waals surface area (Å²) in [6.45, 7) is 0. The molecule has 0 amide bonds. The summed E-state index contributed by atoms with van der Waals surface area (Å²) in [7, 11) is 10.2. The predicted molar refractivity (Wildman–Crippen MR) is 279 cm³/mol. The van der Waals surface area contributed by atoms with Gasteiger partial charge in [0.25, 0.3) is 0 Å². The Kier molecular flexibility index (Phi) is 2.61. The van der Waals surface area contributed by atoms with Crippen molar-refractivity contribution in [3.05, 3.63) is 66.8 Å². The molecule has 0 bridgehead atoms. The number of hydrogen-bond acceptors (Lipinski definition) is 5. The molecule has 21 aromatic carbocycles. The fraction of sp³-hybridized carbons (Fsp3) is 0.200. The minimum atomic E-state index is -1.19. The SMILES string of the molecule is CO[C@]12C3=C4C5C6[C@]7(OC)c8c9c%10c%11c(c%12c%13c%14c(c1c1c%15c2c2c%16c%17c(c7c7c8c8c%10c%10c%18c%11c%13c%11c%13c%14c1c1c%14c%15c%16c%15c%16c%17c7c7c8c%10c8c(c%11%18)c(c%131)c(c%14%15)c8c7%16)[C@@]2(OC)[C@]36Cl)[C@@]4%12OC)[C@]95OC. The molecule has 11 aliphatic rings. The second-order valence-corrected chi connectivity index (χ2v) is 26.3. The average molecular weight is 913 g/mol. The number of halogens is 1. The van der Waals surface area contributed by atoms with E-state index < -0.39 is 32.9 Å². The molecule has 0 N–H and O–H groups in total. The van der Waals surface area contributed by atoms with Crippen molar-refractivity contribution in [2.24, 2.45) is 11.8 Å². The van der Waals surface area contributed by atoms with E-state index in [0.29, 0.717) is 0 Å². The van der Waals surface area contributed by atoms with Gasteiger partial charge in [0, 0.05) is 103 Å². The molecule has 0 aliphatic heterocycles. The highest BCUT2D eigenvalue weighted by atomic mass is 35.5. The number of benzene rings is 15. The van der Waals surface area contributed by atoms with Crippen molar-refractivity contribution in [1.29, 1.82) is 0 Å². The van der Waals surface area contributed by atoms with Crippen molar-refractivity contribution >= 4 is 227 Å². The lowest BCUT2D eigenvalue weighted by molar-refractivity contribution is -0.167. The summed E-state index contributed by atoms with van der Waals surface area (Å²) in [5, 5.41) is 59.5. The van der Waals surface area contributed by atoms with Gasteiger partial charge in [-0.05, 0) is 227 Å². The third-order valence-corrected chi connectivity index (χ3v) is 27.2. The smallest absolute Gasteiger partial charge is 0.143 e. The van der Waals surface area contributed by atoms with E-state index in [2.05, 4.69) is 7.11 Å². The van der Waals surface area contributed by atoms with E-state index in [4.69, 9.17) is 23.7 Å². The quantitative estimate of drug-likeness (QED) is 0.0978. The molecule has 0 radical (unpaired) electrons.